The van der Waals surface area contributed by atoms with E-state index in [9.17, 15) is 14.4 Å². The fourth-order valence-electron chi connectivity index (χ4n) is 4.94. The molecular formula is C32H27N5O8. The Morgan fingerprint density at radius 2 is 1.31 bits per heavy atom. The minimum atomic E-state index is -1.30. The first kappa shape index (κ1) is 29.3. The van der Waals surface area contributed by atoms with Gasteiger partial charge in [-0.1, -0.05) is 54.6 Å². The number of ether oxygens (including phenoxy) is 5. The molecule has 0 amide bonds. The van der Waals surface area contributed by atoms with Crippen molar-refractivity contribution in [1.82, 2.24) is 19.7 Å². The predicted molar refractivity (Wildman–Crippen MR) is 158 cm³/mol. The first-order valence-electron chi connectivity index (χ1n) is 13.9. The van der Waals surface area contributed by atoms with Crippen molar-refractivity contribution in [3.8, 4) is 5.88 Å². The zero-order chi connectivity index (χ0) is 31.3. The number of nitrogens with zero attached hydrogens (tertiary/aromatic N) is 4. The number of esters is 3. The molecule has 13 heteroatoms. The quantitative estimate of drug-likeness (QED) is 0.191. The van der Waals surface area contributed by atoms with Crippen LogP contribution >= 0.6 is 0 Å². The van der Waals surface area contributed by atoms with Gasteiger partial charge >= 0.3 is 17.9 Å². The SMILES string of the molecule is COc1nn([C@@H]2O[C@H](COC(=O)c3ccccc3)[C@@H](OC(=O)c3ccccc3)[C@H]2OC(=O)c2ccccc2)c2ncnc(N)c12. The normalized spacial score (nSPS) is 19.1. The van der Waals surface area contributed by atoms with E-state index in [0.717, 1.165) is 0 Å². The second-order valence-corrected chi connectivity index (χ2v) is 9.91. The molecule has 0 bridgehead atoms. The van der Waals surface area contributed by atoms with Gasteiger partial charge in [-0.25, -0.2) is 29.0 Å². The number of aromatic nitrogens is 4. The van der Waals surface area contributed by atoms with E-state index in [1.165, 1.54) is 18.1 Å². The van der Waals surface area contributed by atoms with Crippen LogP contribution in [0, 0.1) is 0 Å². The highest BCUT2D eigenvalue weighted by atomic mass is 16.7. The van der Waals surface area contributed by atoms with Crippen LogP contribution in [0.3, 0.4) is 0 Å². The van der Waals surface area contributed by atoms with Gasteiger partial charge in [-0.3, -0.25) is 0 Å². The Bertz CT molecular complexity index is 1820. The number of methoxy groups -OCH3 is 1. The summed E-state index contributed by atoms with van der Waals surface area (Å²) in [4.78, 5) is 48.0. The van der Waals surface area contributed by atoms with E-state index >= 15 is 0 Å². The fourth-order valence-corrected chi connectivity index (χ4v) is 4.94. The topological polar surface area (TPSA) is 167 Å². The Morgan fingerprint density at radius 1 is 0.778 bits per heavy atom. The third kappa shape index (κ3) is 6.01. The summed E-state index contributed by atoms with van der Waals surface area (Å²) in [5.41, 5.74) is 7.14. The molecule has 0 saturated carbocycles. The second-order valence-electron chi connectivity index (χ2n) is 9.91. The van der Waals surface area contributed by atoms with Crippen molar-refractivity contribution in [3.63, 3.8) is 0 Å². The van der Waals surface area contributed by atoms with E-state index in [0.29, 0.717) is 10.9 Å². The Labute approximate surface area is 256 Å². The third-order valence-electron chi connectivity index (χ3n) is 7.10. The number of carbonyl (C=O) groups is 3. The third-order valence-corrected chi connectivity index (χ3v) is 7.10. The van der Waals surface area contributed by atoms with E-state index < -0.39 is 42.4 Å². The maximum atomic E-state index is 13.4. The standard InChI is InChI=1S/C32H27N5O8/c1-41-28-23-26(33)34-18-35-27(23)37(36-28)29-25(45-32(40)21-15-9-4-10-16-21)24(44-31(39)20-13-7-3-8-14-20)22(43-29)17-42-30(38)19-11-5-2-6-12-19/h2-16,18,22,24-25,29H,17H2,1H3,(H2,33,34,35)/t22-,24-,25-,29-/m1/s1. The highest BCUT2D eigenvalue weighted by Gasteiger charge is 2.52. The molecular weight excluding hydrogens is 582 g/mol. The second kappa shape index (κ2) is 12.8. The highest BCUT2D eigenvalue weighted by Crippen LogP contribution is 2.39. The molecule has 2 N–H and O–H groups in total. The first-order chi connectivity index (χ1) is 21.9. The molecule has 2 aromatic heterocycles. The molecule has 4 atom stereocenters. The molecule has 0 spiro atoms. The number of benzene rings is 3. The number of nitrogens with two attached hydrogens (primary N) is 1. The van der Waals surface area contributed by atoms with Crippen LogP contribution in [0.25, 0.3) is 11.0 Å². The van der Waals surface area contributed by atoms with Crippen LogP contribution in [0.4, 0.5) is 5.82 Å². The molecule has 3 heterocycles. The van der Waals surface area contributed by atoms with Gasteiger partial charge in [0.15, 0.2) is 24.1 Å². The number of carbonyl (C=O) groups excluding carboxylic acids is 3. The molecule has 0 aliphatic carbocycles. The number of anilines is 1. The van der Waals surface area contributed by atoms with E-state index in [4.69, 9.17) is 29.4 Å². The predicted octanol–water partition coefficient (Wildman–Crippen LogP) is 3.62. The zero-order valence-electron chi connectivity index (χ0n) is 23.9. The van der Waals surface area contributed by atoms with Crippen LogP contribution in [-0.4, -0.2) is 69.7 Å². The van der Waals surface area contributed by atoms with Crippen molar-refractivity contribution < 1.29 is 38.1 Å². The van der Waals surface area contributed by atoms with E-state index in [2.05, 4.69) is 15.1 Å². The maximum Gasteiger partial charge on any atom is 0.338 e. The van der Waals surface area contributed by atoms with Gasteiger partial charge in [-0.05, 0) is 36.4 Å². The lowest BCUT2D eigenvalue weighted by Gasteiger charge is -2.24. The van der Waals surface area contributed by atoms with Crippen LogP contribution in [0.15, 0.2) is 97.3 Å². The molecule has 1 aliphatic rings. The van der Waals surface area contributed by atoms with Crippen LogP contribution in [-0.2, 0) is 18.9 Å². The summed E-state index contributed by atoms with van der Waals surface area (Å²) in [7, 11) is 1.40. The summed E-state index contributed by atoms with van der Waals surface area (Å²) in [6, 6.07) is 24.9. The Kier molecular flexibility index (Phi) is 8.33. The van der Waals surface area contributed by atoms with Gasteiger partial charge in [-0.15, -0.1) is 5.10 Å². The van der Waals surface area contributed by atoms with Gasteiger partial charge < -0.3 is 29.4 Å². The highest BCUT2D eigenvalue weighted by molar-refractivity contribution is 5.92. The van der Waals surface area contributed by atoms with Crippen LogP contribution in [0.5, 0.6) is 5.88 Å². The van der Waals surface area contributed by atoms with Gasteiger partial charge in [0.25, 0.3) is 0 Å². The van der Waals surface area contributed by atoms with Crippen molar-refractivity contribution in [3.05, 3.63) is 114 Å². The number of rotatable bonds is 9. The summed E-state index contributed by atoms with van der Waals surface area (Å²) in [5, 5.41) is 4.78. The molecule has 1 saturated heterocycles. The average molecular weight is 610 g/mol. The monoisotopic (exact) mass is 609 g/mol. The maximum absolute atomic E-state index is 13.4. The molecule has 228 valence electrons. The molecule has 1 fully saturated rings. The summed E-state index contributed by atoms with van der Waals surface area (Å²) in [6.07, 6.45) is -3.65. The van der Waals surface area contributed by atoms with Crippen molar-refractivity contribution in [2.75, 3.05) is 19.5 Å². The number of nitrogen functional groups attached to an aromatic ring is 1. The fraction of sp³-hybridized carbons (Fsp3) is 0.188. The van der Waals surface area contributed by atoms with Crippen molar-refractivity contribution >= 4 is 34.8 Å². The first-order valence-corrected chi connectivity index (χ1v) is 13.9. The van der Waals surface area contributed by atoms with Crippen molar-refractivity contribution in [2.45, 2.75) is 24.5 Å². The van der Waals surface area contributed by atoms with Gasteiger partial charge in [0.1, 0.15) is 30.2 Å². The Hall–Kier alpha value is -5.82. The number of hydrogen-bond donors (Lipinski definition) is 1. The molecule has 13 nitrogen and oxygen atoms in total. The lowest BCUT2D eigenvalue weighted by molar-refractivity contribution is -0.0657. The van der Waals surface area contributed by atoms with Gasteiger partial charge in [-0.2, -0.15) is 0 Å². The Morgan fingerprint density at radius 3 is 1.87 bits per heavy atom. The Balaban J connectivity index is 1.40. The van der Waals surface area contributed by atoms with Gasteiger partial charge in [0.05, 0.1) is 23.8 Å². The summed E-state index contributed by atoms with van der Waals surface area (Å²) < 4.78 is 30.6. The molecule has 1 aliphatic heterocycles. The summed E-state index contributed by atoms with van der Waals surface area (Å²) >= 11 is 0. The van der Waals surface area contributed by atoms with Crippen LogP contribution in [0.2, 0.25) is 0 Å². The smallest absolute Gasteiger partial charge is 0.338 e. The minimum absolute atomic E-state index is 0.0941. The van der Waals surface area contributed by atoms with Crippen LogP contribution in [0.1, 0.15) is 37.3 Å². The molecule has 0 radical (unpaired) electrons. The largest absolute Gasteiger partial charge is 0.479 e. The van der Waals surface area contributed by atoms with Crippen molar-refractivity contribution in [1.29, 1.82) is 0 Å². The molecule has 3 aromatic carbocycles. The zero-order valence-corrected chi connectivity index (χ0v) is 23.9. The van der Waals surface area contributed by atoms with Gasteiger partial charge in [0.2, 0.25) is 5.88 Å². The molecule has 6 rings (SSSR count). The minimum Gasteiger partial charge on any atom is -0.479 e. The van der Waals surface area contributed by atoms with E-state index in [1.54, 1.807) is 91.0 Å². The number of fused-ring (bicyclic) bond motifs is 1. The number of hydrogen-bond acceptors (Lipinski definition) is 12. The van der Waals surface area contributed by atoms with E-state index in [-0.39, 0.29) is 35.1 Å². The van der Waals surface area contributed by atoms with Gasteiger partial charge in [0, 0.05) is 0 Å². The van der Waals surface area contributed by atoms with E-state index in [1.807, 2.05) is 0 Å². The molecule has 45 heavy (non-hydrogen) atoms. The summed E-state index contributed by atoms with van der Waals surface area (Å²) in [5.74, 6) is -1.86. The average Bonchev–Trinajstić information content (AvgIpc) is 3.63. The lowest BCUT2D eigenvalue weighted by atomic mass is 10.1. The lowest BCUT2D eigenvalue weighted by Crippen LogP contribution is -2.41. The molecule has 0 unspecified atom stereocenters. The van der Waals surface area contributed by atoms with Crippen molar-refractivity contribution in [2.24, 2.45) is 0 Å². The molecule has 5 aromatic rings. The van der Waals surface area contributed by atoms with Crippen LogP contribution < -0.4 is 10.5 Å². The summed E-state index contributed by atoms with van der Waals surface area (Å²) in [6.45, 7) is -0.357.